The van der Waals surface area contributed by atoms with E-state index in [1.807, 2.05) is 48.5 Å². The van der Waals surface area contributed by atoms with Gasteiger partial charge in [-0.15, -0.1) is 0 Å². The second-order valence-corrected chi connectivity index (χ2v) is 11.2. The average molecular weight is 829 g/mol. The Balaban J connectivity index is 0.000000267. The van der Waals surface area contributed by atoms with Gasteiger partial charge in [0.15, 0.2) is 0 Å². The molecule has 39 heavy (non-hydrogen) atoms. The van der Waals surface area contributed by atoms with E-state index < -0.39 is 0 Å². The van der Waals surface area contributed by atoms with Gasteiger partial charge in [0.1, 0.15) is 11.5 Å². The van der Waals surface area contributed by atoms with Gasteiger partial charge in [0.25, 0.3) is 0 Å². The van der Waals surface area contributed by atoms with Crippen molar-refractivity contribution in [1.82, 2.24) is 0 Å². The van der Waals surface area contributed by atoms with Crippen LogP contribution in [-0.2, 0) is 26.4 Å². The normalized spacial score (nSPS) is 16.6. The number of rotatable bonds is 6. The number of ether oxygens (including phenoxy) is 2. The summed E-state index contributed by atoms with van der Waals surface area (Å²) in [6.45, 7) is 0. The third kappa shape index (κ3) is 10.1. The number of hydrogen-bond acceptors (Lipinski definition) is 6. The Morgan fingerprint density at radius 1 is 0.590 bits per heavy atom. The van der Waals surface area contributed by atoms with Crippen LogP contribution in [0.5, 0.6) is 11.5 Å². The monoisotopic (exact) mass is 825 g/mol. The summed E-state index contributed by atoms with van der Waals surface area (Å²) in [6.07, 6.45) is 10.4. The number of anilines is 2. The number of benzene rings is 2. The van der Waals surface area contributed by atoms with Crippen LogP contribution in [0.25, 0.3) is 0 Å². The largest absolute Gasteiger partial charge is 0.497 e. The van der Waals surface area contributed by atoms with Crippen LogP contribution in [0.2, 0.25) is 0 Å². The van der Waals surface area contributed by atoms with E-state index in [0.29, 0.717) is 20.1 Å². The number of hydrogen-bond donors (Lipinski definition) is 2. The molecule has 0 bridgehead atoms. The van der Waals surface area contributed by atoms with Crippen molar-refractivity contribution in [3.8, 4) is 11.5 Å². The van der Waals surface area contributed by atoms with Crippen LogP contribution in [-0.4, -0.2) is 25.8 Å². The summed E-state index contributed by atoms with van der Waals surface area (Å²) in [5.74, 6) is 1.48. The molecule has 0 aromatic heterocycles. The van der Waals surface area contributed by atoms with E-state index in [1.54, 1.807) is 50.9 Å². The van der Waals surface area contributed by atoms with Crippen molar-refractivity contribution in [3.05, 3.63) is 114 Å². The van der Waals surface area contributed by atoms with Gasteiger partial charge in [-0.05, 0) is 105 Å². The number of Topliss-reactive ketones (excluding diaryl/α,β-unsaturated/α-hetero) is 2. The maximum atomic E-state index is 11.9. The Bertz CT molecular complexity index is 1290. The van der Waals surface area contributed by atoms with Gasteiger partial charge < -0.3 is 20.1 Å². The molecule has 0 saturated heterocycles. The maximum Gasteiger partial charge on any atom is 0.201 e. The SMILES string of the molecule is COc1ccc(NC=C2C=C(Br)C=C(Br)C2=O)cc1.COc1ccc(NC=C2C=C(Br)C=C(Br)C2=O)cc1.[Co]. The second-order valence-electron chi connectivity index (χ2n) is 7.65. The first-order valence-electron chi connectivity index (χ1n) is 11.0. The Labute approximate surface area is 271 Å². The molecular weight excluding hydrogens is 807 g/mol. The summed E-state index contributed by atoms with van der Waals surface area (Å²) in [4.78, 5) is 23.8. The van der Waals surface area contributed by atoms with E-state index in [-0.39, 0.29) is 28.3 Å². The summed E-state index contributed by atoms with van der Waals surface area (Å²) in [5.41, 5.74) is 2.93. The van der Waals surface area contributed by atoms with E-state index in [1.165, 1.54) is 0 Å². The van der Waals surface area contributed by atoms with Gasteiger partial charge in [-0.3, -0.25) is 9.59 Å². The summed E-state index contributed by atoms with van der Waals surface area (Å²) in [5, 5.41) is 6.17. The van der Waals surface area contributed by atoms with Crippen LogP contribution in [0, 0.1) is 0 Å². The quantitative estimate of drug-likeness (QED) is 0.286. The molecule has 0 amide bonds. The van der Waals surface area contributed by atoms with Crippen LogP contribution in [0.15, 0.2) is 114 Å². The molecule has 0 unspecified atom stereocenters. The van der Waals surface area contributed by atoms with Crippen LogP contribution < -0.4 is 20.1 Å². The molecule has 2 N–H and O–H groups in total. The van der Waals surface area contributed by atoms with E-state index >= 15 is 0 Å². The van der Waals surface area contributed by atoms with E-state index in [2.05, 4.69) is 74.4 Å². The van der Waals surface area contributed by atoms with Gasteiger partial charge in [0, 0.05) is 60.7 Å². The van der Waals surface area contributed by atoms with Crippen molar-refractivity contribution in [3.63, 3.8) is 0 Å². The maximum absolute atomic E-state index is 11.9. The van der Waals surface area contributed by atoms with Crippen LogP contribution in [0.4, 0.5) is 11.4 Å². The average Bonchev–Trinajstić information content (AvgIpc) is 2.92. The minimum absolute atomic E-state index is 0. The second kappa shape index (κ2) is 16.2. The summed E-state index contributed by atoms with van der Waals surface area (Å²) in [6, 6.07) is 14.9. The molecule has 2 aromatic carbocycles. The molecule has 2 aromatic rings. The third-order valence-electron chi connectivity index (χ3n) is 5.04. The summed E-state index contributed by atoms with van der Waals surface area (Å²) < 4.78 is 12.9. The molecule has 6 nitrogen and oxygen atoms in total. The van der Waals surface area contributed by atoms with Gasteiger partial charge in [-0.1, -0.05) is 31.9 Å². The van der Waals surface area contributed by atoms with Gasteiger partial charge in [0.2, 0.25) is 11.6 Å². The number of ketones is 2. The van der Waals surface area contributed by atoms with Crippen molar-refractivity contribution >= 4 is 86.7 Å². The predicted octanol–water partition coefficient (Wildman–Crippen LogP) is 8.26. The standard InChI is InChI=1S/2C14H11Br2NO2.Co/c2*1-19-12-4-2-11(3-5-12)17-8-9-6-10(15)7-13(16)14(9)18;/h2*2-8,17H,1H3;. The van der Waals surface area contributed by atoms with Gasteiger partial charge in [0.05, 0.1) is 23.2 Å². The van der Waals surface area contributed by atoms with Crippen LogP contribution >= 0.6 is 63.7 Å². The summed E-state index contributed by atoms with van der Waals surface area (Å²) in [7, 11) is 3.24. The Morgan fingerprint density at radius 3 is 1.23 bits per heavy atom. The zero-order chi connectivity index (χ0) is 27.7. The third-order valence-corrected chi connectivity index (χ3v) is 7.14. The minimum Gasteiger partial charge on any atom is -0.497 e. The molecule has 0 fully saturated rings. The number of carbonyl (C=O) groups is 2. The van der Waals surface area contributed by atoms with E-state index in [9.17, 15) is 9.59 Å². The fourth-order valence-corrected chi connectivity index (χ4v) is 5.59. The van der Waals surface area contributed by atoms with Gasteiger partial charge in [-0.25, -0.2) is 0 Å². The number of methoxy groups -OCH3 is 2. The first-order valence-corrected chi connectivity index (χ1v) is 14.2. The van der Waals surface area contributed by atoms with Crippen molar-refractivity contribution in [1.29, 1.82) is 0 Å². The molecule has 0 heterocycles. The fourth-order valence-electron chi connectivity index (χ4n) is 3.07. The minimum atomic E-state index is -0.0517. The van der Waals surface area contributed by atoms with E-state index in [0.717, 1.165) is 31.8 Å². The Morgan fingerprint density at radius 2 is 0.923 bits per heavy atom. The number of allylic oxidation sites excluding steroid dienone is 10. The van der Waals surface area contributed by atoms with Crippen molar-refractivity contribution < 1.29 is 35.8 Å². The molecule has 4 rings (SSSR count). The van der Waals surface area contributed by atoms with Crippen LogP contribution in [0.3, 0.4) is 0 Å². The van der Waals surface area contributed by atoms with E-state index in [4.69, 9.17) is 9.47 Å². The molecule has 0 saturated carbocycles. The number of halogens is 4. The topological polar surface area (TPSA) is 76.7 Å². The first-order chi connectivity index (χ1) is 18.2. The Kier molecular flexibility index (Phi) is 13.7. The molecule has 11 heteroatoms. The number of carbonyl (C=O) groups excluding carboxylic acids is 2. The van der Waals surface area contributed by atoms with Gasteiger partial charge in [-0.2, -0.15) is 0 Å². The summed E-state index contributed by atoms with van der Waals surface area (Å²) >= 11 is 13.2. The molecule has 0 atom stereocenters. The van der Waals surface area contributed by atoms with Crippen molar-refractivity contribution in [2.75, 3.05) is 24.9 Å². The molecule has 205 valence electrons. The fraction of sp³-hybridized carbons (Fsp3) is 0.0714. The first kappa shape index (κ1) is 33.1. The van der Waals surface area contributed by atoms with Crippen molar-refractivity contribution in [2.24, 2.45) is 0 Å². The molecule has 2 aliphatic rings. The molecule has 1 radical (unpaired) electrons. The smallest absolute Gasteiger partial charge is 0.201 e. The zero-order valence-electron chi connectivity index (χ0n) is 20.6. The van der Waals surface area contributed by atoms with Crippen LogP contribution in [0.1, 0.15) is 0 Å². The zero-order valence-corrected chi connectivity index (χ0v) is 27.9. The molecule has 2 aliphatic carbocycles. The van der Waals surface area contributed by atoms with Crippen molar-refractivity contribution in [2.45, 2.75) is 0 Å². The van der Waals surface area contributed by atoms with Gasteiger partial charge >= 0.3 is 0 Å². The predicted molar refractivity (Wildman–Crippen MR) is 167 cm³/mol. The molecular formula is C28H22Br4CoN2O4. The Hall–Kier alpha value is -2.15. The molecule has 0 aliphatic heterocycles. The molecule has 0 spiro atoms. The number of nitrogens with one attached hydrogen (secondary N) is 2.